The van der Waals surface area contributed by atoms with Gasteiger partial charge >= 0.3 is 0 Å². The van der Waals surface area contributed by atoms with E-state index in [1.165, 1.54) is 11.9 Å². The smallest absolute Gasteiger partial charge is 0.250 e. The van der Waals surface area contributed by atoms with Crippen molar-refractivity contribution in [3.05, 3.63) is 64.7 Å². The number of para-hydroxylation sites is 1. The van der Waals surface area contributed by atoms with E-state index in [9.17, 15) is 14.4 Å². The zero-order valence-electron chi connectivity index (χ0n) is 16.1. The summed E-state index contributed by atoms with van der Waals surface area (Å²) in [5.41, 5.74) is -0.133. The number of halogens is 1. The van der Waals surface area contributed by atoms with E-state index in [1.807, 2.05) is 48.3 Å². The Balaban J connectivity index is 1.82. The summed E-state index contributed by atoms with van der Waals surface area (Å²) in [7, 11) is 3.36. The molecule has 2 saturated heterocycles. The Bertz CT molecular complexity index is 1070. The Labute approximate surface area is 173 Å². The summed E-state index contributed by atoms with van der Waals surface area (Å²) in [4.78, 5) is 43.2. The van der Waals surface area contributed by atoms with Gasteiger partial charge in [-0.2, -0.15) is 0 Å². The van der Waals surface area contributed by atoms with Crippen molar-refractivity contribution < 1.29 is 14.4 Å². The lowest BCUT2D eigenvalue weighted by atomic mass is 9.60. The summed E-state index contributed by atoms with van der Waals surface area (Å²) in [6.45, 7) is 0.468. The van der Waals surface area contributed by atoms with Gasteiger partial charge in [0, 0.05) is 42.2 Å². The maximum Gasteiger partial charge on any atom is 0.250 e. The highest BCUT2D eigenvalue weighted by atomic mass is 35.5. The predicted octanol–water partition coefficient (Wildman–Crippen LogP) is 2.59. The molecule has 29 heavy (non-hydrogen) atoms. The first kappa shape index (κ1) is 18.3. The molecule has 0 bridgehead atoms. The zero-order valence-corrected chi connectivity index (χ0v) is 16.9. The summed E-state index contributed by atoms with van der Waals surface area (Å²) < 4.78 is 0. The molecule has 0 aromatic heterocycles. The van der Waals surface area contributed by atoms with Gasteiger partial charge in [0.25, 0.3) is 5.91 Å². The number of hydrogen-bond donors (Lipinski definition) is 1. The fourth-order valence-corrected chi connectivity index (χ4v) is 5.84. The van der Waals surface area contributed by atoms with E-state index in [0.717, 1.165) is 11.1 Å². The molecule has 0 unspecified atom stereocenters. The minimum Gasteiger partial charge on any atom is -0.324 e. The SMILES string of the molecule is CN1C(=O)C[C@@]2(C1=O)[C@@H](c1ccc(Cl)cc1)CN(C)[C@@]21C(=O)Nc2ccccc21. The molecule has 148 valence electrons. The molecule has 2 fully saturated rings. The van der Waals surface area contributed by atoms with Crippen LogP contribution in [0.3, 0.4) is 0 Å². The number of nitrogens with zero attached hydrogens (tertiary/aromatic N) is 2. The van der Waals surface area contributed by atoms with Crippen molar-refractivity contribution in [2.24, 2.45) is 5.41 Å². The van der Waals surface area contributed by atoms with Gasteiger partial charge in [0.05, 0.1) is 5.41 Å². The number of likely N-dealkylation sites (tertiary alicyclic amines) is 2. The summed E-state index contributed by atoms with van der Waals surface area (Å²) in [6, 6.07) is 14.8. The van der Waals surface area contributed by atoms with Crippen LogP contribution in [0.2, 0.25) is 5.02 Å². The number of nitrogens with one attached hydrogen (secondary N) is 1. The highest BCUT2D eigenvalue weighted by molar-refractivity contribution is 6.30. The average molecular weight is 410 g/mol. The molecule has 3 aliphatic heterocycles. The van der Waals surface area contributed by atoms with Crippen molar-refractivity contribution in [2.75, 3.05) is 26.0 Å². The summed E-state index contributed by atoms with van der Waals surface area (Å²) in [5, 5.41) is 3.56. The molecule has 2 spiro atoms. The monoisotopic (exact) mass is 409 g/mol. The Morgan fingerprint density at radius 2 is 1.72 bits per heavy atom. The molecule has 3 atom stereocenters. The van der Waals surface area contributed by atoms with E-state index in [2.05, 4.69) is 5.32 Å². The summed E-state index contributed by atoms with van der Waals surface area (Å²) in [5.74, 6) is -1.16. The van der Waals surface area contributed by atoms with E-state index < -0.39 is 11.0 Å². The molecule has 0 radical (unpaired) electrons. The third-order valence-corrected chi connectivity index (χ3v) is 7.18. The number of benzene rings is 2. The van der Waals surface area contributed by atoms with Gasteiger partial charge in [-0.05, 0) is 30.8 Å². The van der Waals surface area contributed by atoms with Crippen LogP contribution >= 0.6 is 11.6 Å². The standard InChI is InChI=1S/C22H20ClN3O3/c1-25-12-16(13-7-9-14(23)10-8-13)21(11-18(27)26(2)20(21)29)22(25)15-5-3-4-6-17(15)24-19(22)28/h3-10,16H,11-12H2,1-2H3,(H,24,28)/t16-,21+,22+/m1/s1. The van der Waals surface area contributed by atoms with Crippen molar-refractivity contribution in [1.29, 1.82) is 0 Å². The lowest BCUT2D eigenvalue weighted by Gasteiger charge is -2.42. The van der Waals surface area contributed by atoms with Crippen LogP contribution in [0.4, 0.5) is 5.69 Å². The van der Waals surface area contributed by atoms with Gasteiger partial charge in [-0.15, -0.1) is 0 Å². The first-order chi connectivity index (χ1) is 13.8. The Morgan fingerprint density at radius 3 is 2.38 bits per heavy atom. The van der Waals surface area contributed by atoms with Crippen molar-refractivity contribution in [3.8, 4) is 0 Å². The first-order valence-electron chi connectivity index (χ1n) is 9.52. The summed E-state index contributed by atoms with van der Waals surface area (Å²) in [6.07, 6.45) is -0.0122. The van der Waals surface area contributed by atoms with Crippen molar-refractivity contribution in [2.45, 2.75) is 17.9 Å². The van der Waals surface area contributed by atoms with Gasteiger partial charge in [0.15, 0.2) is 0 Å². The minimum atomic E-state index is -1.24. The predicted molar refractivity (Wildman–Crippen MR) is 108 cm³/mol. The topological polar surface area (TPSA) is 69.7 Å². The van der Waals surface area contributed by atoms with Gasteiger partial charge in [-0.25, -0.2) is 0 Å². The number of likely N-dealkylation sites (N-methyl/N-ethyl adjacent to an activating group) is 1. The van der Waals surface area contributed by atoms with Crippen LogP contribution in [-0.4, -0.2) is 48.2 Å². The number of hydrogen-bond acceptors (Lipinski definition) is 4. The van der Waals surface area contributed by atoms with E-state index in [0.29, 0.717) is 17.3 Å². The third kappa shape index (κ3) is 2.03. The first-order valence-corrected chi connectivity index (χ1v) is 9.90. The van der Waals surface area contributed by atoms with Crippen LogP contribution in [0.25, 0.3) is 0 Å². The largest absolute Gasteiger partial charge is 0.324 e. The second-order valence-electron chi connectivity index (χ2n) is 8.10. The molecule has 3 heterocycles. The number of amides is 3. The van der Waals surface area contributed by atoms with Crippen LogP contribution in [-0.2, 0) is 19.9 Å². The average Bonchev–Trinajstić information content (AvgIpc) is 3.24. The molecular weight excluding hydrogens is 390 g/mol. The maximum absolute atomic E-state index is 13.7. The number of anilines is 1. The molecule has 3 amide bonds. The van der Waals surface area contributed by atoms with Gasteiger partial charge in [0.2, 0.25) is 11.8 Å². The third-order valence-electron chi connectivity index (χ3n) is 6.93. The maximum atomic E-state index is 13.7. The normalized spacial score (nSPS) is 31.2. The van der Waals surface area contributed by atoms with Crippen LogP contribution in [0.5, 0.6) is 0 Å². The zero-order chi connectivity index (χ0) is 20.6. The van der Waals surface area contributed by atoms with Crippen LogP contribution in [0.15, 0.2) is 48.5 Å². The molecule has 2 aromatic rings. The van der Waals surface area contributed by atoms with Crippen LogP contribution in [0, 0.1) is 5.41 Å². The molecule has 0 saturated carbocycles. The van der Waals surface area contributed by atoms with Crippen molar-refractivity contribution in [3.63, 3.8) is 0 Å². The molecule has 1 N–H and O–H groups in total. The molecule has 2 aromatic carbocycles. The quantitative estimate of drug-likeness (QED) is 0.735. The number of rotatable bonds is 1. The second kappa shape index (κ2) is 5.90. The Morgan fingerprint density at radius 1 is 1.03 bits per heavy atom. The molecule has 3 aliphatic rings. The molecule has 5 rings (SSSR count). The van der Waals surface area contributed by atoms with Crippen LogP contribution < -0.4 is 5.32 Å². The lowest BCUT2D eigenvalue weighted by Crippen LogP contribution is -2.58. The van der Waals surface area contributed by atoms with E-state index in [1.54, 1.807) is 12.1 Å². The number of fused-ring (bicyclic) bond motifs is 3. The van der Waals surface area contributed by atoms with Crippen LogP contribution in [0.1, 0.15) is 23.5 Å². The molecule has 7 heteroatoms. The van der Waals surface area contributed by atoms with Crippen molar-refractivity contribution >= 4 is 35.0 Å². The lowest BCUT2D eigenvalue weighted by molar-refractivity contribution is -0.148. The van der Waals surface area contributed by atoms with Crippen molar-refractivity contribution in [1.82, 2.24) is 9.80 Å². The van der Waals surface area contributed by atoms with Gasteiger partial charge < -0.3 is 5.32 Å². The highest BCUT2D eigenvalue weighted by Crippen LogP contribution is 2.65. The number of carbonyl (C=O) groups excluding carboxylic acids is 3. The second-order valence-corrected chi connectivity index (χ2v) is 8.54. The molecule has 0 aliphatic carbocycles. The molecule has 6 nitrogen and oxygen atoms in total. The number of imide groups is 1. The van der Waals surface area contributed by atoms with Gasteiger partial charge in [-0.3, -0.25) is 24.2 Å². The Hall–Kier alpha value is -2.70. The van der Waals surface area contributed by atoms with E-state index in [-0.39, 0.29) is 30.1 Å². The fourth-order valence-electron chi connectivity index (χ4n) is 5.71. The van der Waals surface area contributed by atoms with Gasteiger partial charge in [-0.1, -0.05) is 41.9 Å². The fraction of sp³-hybridized carbons (Fsp3) is 0.318. The summed E-state index contributed by atoms with van der Waals surface area (Å²) >= 11 is 6.08. The van der Waals surface area contributed by atoms with E-state index >= 15 is 0 Å². The van der Waals surface area contributed by atoms with E-state index in [4.69, 9.17) is 11.6 Å². The van der Waals surface area contributed by atoms with Gasteiger partial charge in [0.1, 0.15) is 5.54 Å². The highest BCUT2D eigenvalue weighted by Gasteiger charge is 2.76. The Kier molecular flexibility index (Phi) is 3.73. The minimum absolute atomic E-state index is 0.0122. The number of carbonyl (C=O) groups is 3. The molecular formula is C22H20ClN3O3.